The molecule has 5 nitrogen and oxygen atoms in total. The van der Waals surface area contributed by atoms with Crippen molar-refractivity contribution in [2.24, 2.45) is 0 Å². The quantitative estimate of drug-likeness (QED) is 0.779. The van der Waals surface area contributed by atoms with E-state index in [1.165, 1.54) is 0 Å². The Morgan fingerprint density at radius 1 is 1.47 bits per heavy atom. The molecule has 0 spiro atoms. The van der Waals surface area contributed by atoms with Gasteiger partial charge in [0.2, 0.25) is 5.91 Å². The van der Waals surface area contributed by atoms with E-state index in [0.717, 1.165) is 19.4 Å². The van der Waals surface area contributed by atoms with Gasteiger partial charge in [0, 0.05) is 32.1 Å². The molecule has 5 heteroatoms. The lowest BCUT2D eigenvalue weighted by molar-refractivity contribution is -0.145. The molecule has 1 saturated carbocycles. The van der Waals surface area contributed by atoms with Crippen LogP contribution in [0.25, 0.3) is 0 Å². The number of aliphatic carboxylic acids is 1. The normalized spacial score (nSPS) is 30.7. The molecule has 1 aliphatic heterocycles. The zero-order valence-corrected chi connectivity index (χ0v) is 10.4. The first-order valence-electron chi connectivity index (χ1n) is 6.25. The van der Waals surface area contributed by atoms with Crippen molar-refractivity contribution >= 4 is 11.9 Å². The van der Waals surface area contributed by atoms with Crippen molar-refractivity contribution in [1.29, 1.82) is 0 Å². The summed E-state index contributed by atoms with van der Waals surface area (Å²) in [7, 11) is 1.81. The standard InChI is InChI=1S/C12H20N2O3/c1-8-7-14(9-3-4-9)10(5-6-11(15)16)12(17)13(8)2/h8-10H,3-7H2,1-2H3,(H,15,16). The van der Waals surface area contributed by atoms with E-state index in [1.807, 2.05) is 14.0 Å². The number of nitrogens with zero attached hydrogens (tertiary/aromatic N) is 2. The van der Waals surface area contributed by atoms with Gasteiger partial charge in [-0.1, -0.05) is 0 Å². The molecule has 0 radical (unpaired) electrons. The number of hydrogen-bond acceptors (Lipinski definition) is 3. The monoisotopic (exact) mass is 240 g/mol. The smallest absolute Gasteiger partial charge is 0.303 e. The maximum atomic E-state index is 12.2. The van der Waals surface area contributed by atoms with Crippen LogP contribution in [0.3, 0.4) is 0 Å². The van der Waals surface area contributed by atoms with Gasteiger partial charge in [0.1, 0.15) is 0 Å². The first-order chi connectivity index (χ1) is 8.00. The minimum atomic E-state index is -0.824. The van der Waals surface area contributed by atoms with Gasteiger partial charge in [0.05, 0.1) is 6.04 Å². The lowest BCUT2D eigenvalue weighted by Crippen LogP contribution is -2.60. The topological polar surface area (TPSA) is 60.9 Å². The van der Waals surface area contributed by atoms with E-state index < -0.39 is 5.97 Å². The average Bonchev–Trinajstić information content (AvgIpc) is 3.07. The fraction of sp³-hybridized carbons (Fsp3) is 0.833. The molecule has 2 atom stereocenters. The Balaban J connectivity index is 2.06. The second-order valence-electron chi connectivity index (χ2n) is 5.17. The van der Waals surface area contributed by atoms with Crippen molar-refractivity contribution in [3.63, 3.8) is 0 Å². The molecule has 1 amide bonds. The molecule has 0 bridgehead atoms. The van der Waals surface area contributed by atoms with Crippen LogP contribution >= 0.6 is 0 Å². The van der Waals surface area contributed by atoms with Crippen LogP contribution in [0.1, 0.15) is 32.6 Å². The Morgan fingerprint density at radius 3 is 2.65 bits per heavy atom. The molecule has 2 unspecified atom stereocenters. The van der Waals surface area contributed by atoms with Crippen LogP contribution in [-0.2, 0) is 9.59 Å². The summed E-state index contributed by atoms with van der Waals surface area (Å²) in [5, 5.41) is 8.75. The summed E-state index contributed by atoms with van der Waals surface area (Å²) in [4.78, 5) is 26.8. The third kappa shape index (κ3) is 2.60. The number of carboxylic acids is 1. The molecular formula is C12H20N2O3. The molecule has 2 fully saturated rings. The van der Waals surface area contributed by atoms with E-state index in [2.05, 4.69) is 4.90 Å². The second kappa shape index (κ2) is 4.64. The maximum absolute atomic E-state index is 12.2. The molecule has 1 aliphatic carbocycles. The number of carbonyl (C=O) groups is 2. The van der Waals surface area contributed by atoms with Crippen molar-refractivity contribution in [3.8, 4) is 0 Å². The van der Waals surface area contributed by atoms with Crippen molar-refractivity contribution in [2.45, 2.75) is 50.7 Å². The molecule has 2 aliphatic rings. The van der Waals surface area contributed by atoms with Gasteiger partial charge in [-0.25, -0.2) is 0 Å². The predicted octanol–water partition coefficient (Wildman–Crippen LogP) is 0.545. The van der Waals surface area contributed by atoms with Crippen molar-refractivity contribution < 1.29 is 14.7 Å². The summed E-state index contributed by atoms with van der Waals surface area (Å²) in [5.74, 6) is -0.744. The zero-order chi connectivity index (χ0) is 12.6. The summed E-state index contributed by atoms with van der Waals surface area (Å²) in [6.45, 7) is 2.91. The molecule has 1 heterocycles. The second-order valence-corrected chi connectivity index (χ2v) is 5.17. The molecule has 0 aromatic rings. The Kier molecular flexibility index (Phi) is 3.38. The summed E-state index contributed by atoms with van der Waals surface area (Å²) in [6, 6.07) is 0.512. The van der Waals surface area contributed by atoms with Gasteiger partial charge in [0.25, 0.3) is 0 Å². The molecular weight excluding hydrogens is 220 g/mol. The van der Waals surface area contributed by atoms with E-state index in [0.29, 0.717) is 12.5 Å². The fourth-order valence-corrected chi connectivity index (χ4v) is 2.51. The Labute approximate surface area is 101 Å². The van der Waals surface area contributed by atoms with E-state index >= 15 is 0 Å². The summed E-state index contributed by atoms with van der Waals surface area (Å²) >= 11 is 0. The Morgan fingerprint density at radius 2 is 2.12 bits per heavy atom. The highest BCUT2D eigenvalue weighted by atomic mass is 16.4. The highest BCUT2D eigenvalue weighted by molar-refractivity contribution is 5.83. The SMILES string of the molecule is CC1CN(C2CC2)C(CCC(=O)O)C(=O)N1C. The van der Waals surface area contributed by atoms with Crippen LogP contribution < -0.4 is 0 Å². The molecule has 96 valence electrons. The minimum Gasteiger partial charge on any atom is -0.481 e. The van der Waals surface area contributed by atoms with Gasteiger partial charge in [-0.05, 0) is 26.2 Å². The van der Waals surface area contributed by atoms with Gasteiger partial charge in [-0.2, -0.15) is 0 Å². The predicted molar refractivity (Wildman–Crippen MR) is 62.6 cm³/mol. The minimum absolute atomic E-state index is 0.0713. The zero-order valence-electron chi connectivity index (χ0n) is 10.4. The summed E-state index contributed by atoms with van der Waals surface area (Å²) in [5.41, 5.74) is 0. The van der Waals surface area contributed by atoms with Crippen LogP contribution in [0, 0.1) is 0 Å². The third-order valence-electron chi connectivity index (χ3n) is 3.82. The molecule has 1 N–H and O–H groups in total. The molecule has 17 heavy (non-hydrogen) atoms. The molecule has 1 saturated heterocycles. The van der Waals surface area contributed by atoms with Crippen LogP contribution in [-0.4, -0.2) is 58.5 Å². The van der Waals surface area contributed by atoms with E-state index in [4.69, 9.17) is 5.11 Å². The number of carbonyl (C=O) groups excluding carboxylic acids is 1. The van der Waals surface area contributed by atoms with E-state index in [9.17, 15) is 9.59 Å². The largest absolute Gasteiger partial charge is 0.481 e. The van der Waals surface area contributed by atoms with Crippen LogP contribution in [0.2, 0.25) is 0 Å². The molecule has 0 aromatic carbocycles. The number of amides is 1. The maximum Gasteiger partial charge on any atom is 0.303 e. The Hall–Kier alpha value is -1.10. The van der Waals surface area contributed by atoms with E-state index in [1.54, 1.807) is 4.90 Å². The molecule has 0 aromatic heterocycles. The Bertz CT molecular complexity index is 328. The lowest BCUT2D eigenvalue weighted by Gasteiger charge is -2.43. The highest BCUT2D eigenvalue weighted by Gasteiger charge is 2.43. The van der Waals surface area contributed by atoms with Gasteiger partial charge >= 0.3 is 5.97 Å². The van der Waals surface area contributed by atoms with E-state index in [-0.39, 0.29) is 24.4 Å². The van der Waals surface area contributed by atoms with Gasteiger partial charge in [-0.15, -0.1) is 0 Å². The van der Waals surface area contributed by atoms with Gasteiger partial charge in [0.15, 0.2) is 0 Å². The summed E-state index contributed by atoms with van der Waals surface area (Å²) < 4.78 is 0. The number of hydrogen-bond donors (Lipinski definition) is 1. The van der Waals surface area contributed by atoms with Crippen LogP contribution in [0.4, 0.5) is 0 Å². The third-order valence-corrected chi connectivity index (χ3v) is 3.82. The number of rotatable bonds is 4. The fourth-order valence-electron chi connectivity index (χ4n) is 2.51. The number of carboxylic acid groups (broad SMARTS) is 1. The van der Waals surface area contributed by atoms with Crippen LogP contribution in [0.5, 0.6) is 0 Å². The highest BCUT2D eigenvalue weighted by Crippen LogP contribution is 2.33. The average molecular weight is 240 g/mol. The van der Waals surface area contributed by atoms with Crippen molar-refractivity contribution in [3.05, 3.63) is 0 Å². The van der Waals surface area contributed by atoms with Crippen LogP contribution in [0.15, 0.2) is 0 Å². The van der Waals surface area contributed by atoms with Crippen molar-refractivity contribution in [1.82, 2.24) is 9.80 Å². The van der Waals surface area contributed by atoms with Crippen molar-refractivity contribution in [2.75, 3.05) is 13.6 Å². The first kappa shape index (κ1) is 12.4. The molecule has 2 rings (SSSR count). The van der Waals surface area contributed by atoms with Gasteiger partial charge in [-0.3, -0.25) is 14.5 Å². The number of likely N-dealkylation sites (N-methyl/N-ethyl adjacent to an activating group) is 1. The summed E-state index contributed by atoms with van der Waals surface area (Å²) in [6.07, 6.45) is 2.80. The first-order valence-corrected chi connectivity index (χ1v) is 6.25. The number of piperazine rings is 1. The van der Waals surface area contributed by atoms with Gasteiger partial charge < -0.3 is 10.0 Å². The lowest BCUT2D eigenvalue weighted by atomic mass is 10.0.